The molecule has 1 aromatic carbocycles. The third-order valence-electron chi connectivity index (χ3n) is 3.95. The number of aromatic nitrogens is 2. The number of aryl methyl sites for hydroxylation is 1. The summed E-state index contributed by atoms with van der Waals surface area (Å²) in [6.07, 6.45) is 5.79. The normalized spacial score (nSPS) is 15.3. The first-order chi connectivity index (χ1) is 11.2. The zero-order valence-electron chi connectivity index (χ0n) is 13.2. The van der Waals surface area contributed by atoms with Crippen LogP contribution in [0, 0.1) is 6.92 Å². The highest BCUT2D eigenvalue weighted by atomic mass is 16.5. The Morgan fingerprint density at radius 3 is 2.91 bits per heavy atom. The lowest BCUT2D eigenvalue weighted by atomic mass is 9.95. The molecule has 3 rings (SSSR count). The van der Waals surface area contributed by atoms with Gasteiger partial charge in [0.05, 0.1) is 0 Å². The second kappa shape index (κ2) is 7.26. The lowest BCUT2D eigenvalue weighted by Gasteiger charge is -2.22. The molecule has 1 saturated carbocycles. The average molecular weight is 315 g/mol. The van der Waals surface area contributed by atoms with Gasteiger partial charge in [-0.15, -0.1) is 0 Å². The molecule has 1 aliphatic rings. The van der Waals surface area contributed by atoms with Gasteiger partial charge in [0.15, 0.2) is 12.4 Å². The van der Waals surface area contributed by atoms with Gasteiger partial charge in [0.1, 0.15) is 5.75 Å². The number of nitrogens with zero attached hydrogens (tertiary/aromatic N) is 2. The lowest BCUT2D eigenvalue weighted by molar-refractivity contribution is -0.124. The first-order valence-corrected chi connectivity index (χ1v) is 8.03. The number of carbonyl (C=O) groups excluding carboxylic acids is 1. The smallest absolute Gasteiger partial charge is 0.258 e. The van der Waals surface area contributed by atoms with Gasteiger partial charge in [0.2, 0.25) is 0 Å². The molecule has 1 aliphatic carbocycles. The number of benzene rings is 1. The number of carbonyl (C=O) groups is 1. The van der Waals surface area contributed by atoms with E-state index in [0.29, 0.717) is 23.5 Å². The van der Waals surface area contributed by atoms with Gasteiger partial charge in [-0.05, 0) is 38.0 Å². The minimum Gasteiger partial charge on any atom is -0.484 e. The SMILES string of the molecule is Cc1noc(-c2cccc(OCC(=O)NC3CCCCC3)c2)n1. The number of amides is 1. The Labute approximate surface area is 135 Å². The van der Waals surface area contributed by atoms with Crippen LogP contribution in [0.4, 0.5) is 0 Å². The standard InChI is InChI=1S/C17H21N3O3/c1-12-18-17(23-20-12)13-6-5-9-15(10-13)22-11-16(21)19-14-7-3-2-4-8-14/h5-6,9-10,14H,2-4,7-8,11H2,1H3,(H,19,21). The predicted molar refractivity (Wildman–Crippen MR) is 85.0 cm³/mol. The maximum Gasteiger partial charge on any atom is 0.258 e. The molecular weight excluding hydrogens is 294 g/mol. The fourth-order valence-electron chi connectivity index (χ4n) is 2.80. The highest BCUT2D eigenvalue weighted by Crippen LogP contribution is 2.22. The molecule has 6 nitrogen and oxygen atoms in total. The highest BCUT2D eigenvalue weighted by molar-refractivity contribution is 5.77. The van der Waals surface area contributed by atoms with E-state index in [1.54, 1.807) is 19.1 Å². The fourth-order valence-corrected chi connectivity index (χ4v) is 2.80. The first-order valence-electron chi connectivity index (χ1n) is 8.03. The van der Waals surface area contributed by atoms with Gasteiger partial charge >= 0.3 is 0 Å². The fraction of sp³-hybridized carbons (Fsp3) is 0.471. The second-order valence-electron chi connectivity index (χ2n) is 5.87. The van der Waals surface area contributed by atoms with E-state index < -0.39 is 0 Å². The molecule has 1 heterocycles. The third kappa shape index (κ3) is 4.31. The van der Waals surface area contributed by atoms with E-state index in [1.807, 2.05) is 12.1 Å². The van der Waals surface area contributed by atoms with Crippen LogP contribution in [0.1, 0.15) is 37.9 Å². The van der Waals surface area contributed by atoms with Crippen LogP contribution in [0.15, 0.2) is 28.8 Å². The number of rotatable bonds is 5. The Kier molecular flexibility index (Phi) is 4.90. The molecule has 2 aromatic rings. The molecule has 1 amide bonds. The van der Waals surface area contributed by atoms with E-state index in [1.165, 1.54) is 19.3 Å². The molecule has 1 aromatic heterocycles. The van der Waals surface area contributed by atoms with Crippen molar-refractivity contribution >= 4 is 5.91 Å². The van der Waals surface area contributed by atoms with Crippen LogP contribution >= 0.6 is 0 Å². The molecule has 0 saturated heterocycles. The second-order valence-corrected chi connectivity index (χ2v) is 5.87. The summed E-state index contributed by atoms with van der Waals surface area (Å²) in [6.45, 7) is 1.78. The van der Waals surface area contributed by atoms with Crippen molar-refractivity contribution in [2.75, 3.05) is 6.61 Å². The molecule has 0 radical (unpaired) electrons. The Morgan fingerprint density at radius 2 is 2.17 bits per heavy atom. The van der Waals surface area contributed by atoms with E-state index in [-0.39, 0.29) is 12.5 Å². The van der Waals surface area contributed by atoms with Crippen molar-refractivity contribution in [2.24, 2.45) is 0 Å². The molecule has 0 atom stereocenters. The summed E-state index contributed by atoms with van der Waals surface area (Å²) < 4.78 is 10.7. The maximum absolute atomic E-state index is 12.0. The zero-order chi connectivity index (χ0) is 16.1. The largest absolute Gasteiger partial charge is 0.484 e. The van der Waals surface area contributed by atoms with Crippen molar-refractivity contribution in [2.45, 2.75) is 45.1 Å². The van der Waals surface area contributed by atoms with E-state index in [4.69, 9.17) is 9.26 Å². The highest BCUT2D eigenvalue weighted by Gasteiger charge is 2.16. The van der Waals surface area contributed by atoms with E-state index in [2.05, 4.69) is 15.5 Å². The van der Waals surface area contributed by atoms with Crippen LogP contribution < -0.4 is 10.1 Å². The monoisotopic (exact) mass is 315 g/mol. The van der Waals surface area contributed by atoms with Gasteiger partial charge < -0.3 is 14.6 Å². The van der Waals surface area contributed by atoms with Gasteiger partial charge in [-0.25, -0.2) is 0 Å². The summed E-state index contributed by atoms with van der Waals surface area (Å²) in [7, 11) is 0. The molecule has 1 N–H and O–H groups in total. The summed E-state index contributed by atoms with van der Waals surface area (Å²) in [6, 6.07) is 7.60. The quantitative estimate of drug-likeness (QED) is 0.918. The third-order valence-corrected chi connectivity index (χ3v) is 3.95. The molecule has 0 aliphatic heterocycles. The molecule has 0 spiro atoms. The summed E-state index contributed by atoms with van der Waals surface area (Å²) in [5, 5.41) is 6.80. The molecule has 0 unspecified atom stereocenters. The molecule has 23 heavy (non-hydrogen) atoms. The minimum atomic E-state index is -0.0732. The van der Waals surface area contributed by atoms with Crippen molar-refractivity contribution in [3.8, 4) is 17.2 Å². The maximum atomic E-state index is 12.0. The van der Waals surface area contributed by atoms with E-state index in [0.717, 1.165) is 18.4 Å². The minimum absolute atomic E-state index is 0.0167. The summed E-state index contributed by atoms with van der Waals surface area (Å²) >= 11 is 0. The van der Waals surface area contributed by atoms with Crippen molar-refractivity contribution in [1.82, 2.24) is 15.5 Å². The van der Waals surface area contributed by atoms with Crippen molar-refractivity contribution in [3.63, 3.8) is 0 Å². The topological polar surface area (TPSA) is 77.2 Å². The van der Waals surface area contributed by atoms with Crippen molar-refractivity contribution in [1.29, 1.82) is 0 Å². The number of ether oxygens (including phenoxy) is 1. The predicted octanol–water partition coefficient (Wildman–Crippen LogP) is 2.87. The van der Waals surface area contributed by atoms with Crippen LogP contribution in [0.25, 0.3) is 11.5 Å². The van der Waals surface area contributed by atoms with Crippen LogP contribution in [0.3, 0.4) is 0 Å². The molecule has 6 heteroatoms. The van der Waals surface area contributed by atoms with Crippen LogP contribution in [0.5, 0.6) is 5.75 Å². The summed E-state index contributed by atoms with van der Waals surface area (Å²) in [4.78, 5) is 16.1. The van der Waals surface area contributed by atoms with Gasteiger partial charge in [-0.1, -0.05) is 30.5 Å². The number of hydrogen-bond acceptors (Lipinski definition) is 5. The molecule has 0 bridgehead atoms. The Hall–Kier alpha value is -2.37. The Bertz CT molecular complexity index is 663. The van der Waals surface area contributed by atoms with Gasteiger partial charge in [0, 0.05) is 11.6 Å². The van der Waals surface area contributed by atoms with Crippen molar-refractivity contribution in [3.05, 3.63) is 30.1 Å². The van der Waals surface area contributed by atoms with Crippen LogP contribution in [-0.2, 0) is 4.79 Å². The van der Waals surface area contributed by atoms with Gasteiger partial charge in [-0.2, -0.15) is 4.98 Å². The molecular formula is C17H21N3O3. The van der Waals surface area contributed by atoms with E-state index >= 15 is 0 Å². The number of hydrogen-bond donors (Lipinski definition) is 1. The Balaban J connectivity index is 1.54. The zero-order valence-corrected chi connectivity index (χ0v) is 13.2. The number of nitrogens with one attached hydrogen (secondary N) is 1. The van der Waals surface area contributed by atoms with Gasteiger partial charge in [0.25, 0.3) is 11.8 Å². The summed E-state index contributed by atoms with van der Waals surface area (Å²) in [5.74, 6) is 1.56. The van der Waals surface area contributed by atoms with E-state index in [9.17, 15) is 4.79 Å². The lowest BCUT2D eigenvalue weighted by Crippen LogP contribution is -2.38. The molecule has 1 fully saturated rings. The Morgan fingerprint density at radius 1 is 1.35 bits per heavy atom. The molecule has 122 valence electrons. The van der Waals surface area contributed by atoms with Crippen LogP contribution in [0.2, 0.25) is 0 Å². The van der Waals surface area contributed by atoms with Gasteiger partial charge in [-0.3, -0.25) is 4.79 Å². The average Bonchev–Trinajstić information content (AvgIpc) is 3.01. The van der Waals surface area contributed by atoms with Crippen LogP contribution in [-0.4, -0.2) is 28.7 Å². The first kappa shape index (κ1) is 15.5. The summed E-state index contributed by atoms with van der Waals surface area (Å²) in [5.41, 5.74) is 0.774. The van der Waals surface area contributed by atoms with Crippen molar-refractivity contribution < 1.29 is 14.1 Å².